The number of hydrogen-bond donors (Lipinski definition) is 1. The van der Waals surface area contributed by atoms with Crippen LogP contribution >= 0.6 is 46.0 Å². The number of amidine groups is 1. The summed E-state index contributed by atoms with van der Waals surface area (Å²) in [6, 6.07) is 3.45. The van der Waals surface area contributed by atoms with Gasteiger partial charge >= 0.3 is 0 Å². The topological polar surface area (TPSA) is 52.9 Å². The number of carbonyl (C=O) groups is 1. The first kappa shape index (κ1) is 18.6. The van der Waals surface area contributed by atoms with Crippen molar-refractivity contribution in [3.8, 4) is 5.75 Å². The maximum absolute atomic E-state index is 12.7. The summed E-state index contributed by atoms with van der Waals surface area (Å²) >= 11 is 9.39. The Morgan fingerprint density at radius 1 is 1.35 bits per heavy atom. The second kappa shape index (κ2) is 7.44. The Labute approximate surface area is 159 Å². The molecule has 0 bridgehead atoms. The number of hydrogen-bond acceptors (Lipinski definition) is 4. The lowest BCUT2D eigenvalue weighted by Crippen LogP contribution is -2.35. The van der Waals surface area contributed by atoms with Crippen LogP contribution in [0.2, 0.25) is 5.02 Å². The Hall–Kier alpha value is -0.730. The van der Waals surface area contributed by atoms with Crippen molar-refractivity contribution in [1.29, 1.82) is 0 Å². The molecule has 0 radical (unpaired) electrons. The van der Waals surface area contributed by atoms with Gasteiger partial charge in [-0.1, -0.05) is 11.6 Å². The standard InChI is InChI=1S/C16H18ClIN2O2S/c1-8(2)19-16-20(9(3)4)15(22)13(23-16)6-10-5-11(17)7-12(18)14(10)21/h5-9,21H,1-4H3/b13-6+,19-16?. The average Bonchev–Trinajstić information content (AvgIpc) is 2.70. The maximum Gasteiger partial charge on any atom is 0.266 e. The van der Waals surface area contributed by atoms with Gasteiger partial charge < -0.3 is 5.11 Å². The third-order valence-electron chi connectivity index (χ3n) is 3.07. The maximum atomic E-state index is 12.7. The fourth-order valence-electron chi connectivity index (χ4n) is 2.09. The number of amides is 1. The minimum atomic E-state index is -0.0983. The molecule has 1 aliphatic rings. The number of rotatable bonds is 3. The van der Waals surface area contributed by atoms with Gasteiger partial charge in [0.15, 0.2) is 5.17 Å². The molecule has 0 aliphatic carbocycles. The van der Waals surface area contributed by atoms with Crippen LogP contribution in [-0.2, 0) is 4.79 Å². The molecule has 0 atom stereocenters. The predicted molar refractivity (Wildman–Crippen MR) is 106 cm³/mol. The predicted octanol–water partition coefficient (Wildman–Crippen LogP) is 4.74. The highest BCUT2D eigenvalue weighted by Crippen LogP contribution is 2.37. The fraction of sp³-hybridized carbons (Fsp3) is 0.375. The number of benzene rings is 1. The van der Waals surface area contributed by atoms with Crippen LogP contribution in [0.25, 0.3) is 6.08 Å². The molecule has 1 aromatic carbocycles. The molecule has 0 spiro atoms. The summed E-state index contributed by atoms with van der Waals surface area (Å²) in [5.74, 6) is 0.0278. The minimum absolute atomic E-state index is 0.0199. The average molecular weight is 465 g/mol. The zero-order chi connectivity index (χ0) is 17.3. The molecule has 7 heteroatoms. The highest BCUT2D eigenvalue weighted by atomic mass is 127. The molecule has 0 saturated carbocycles. The number of carbonyl (C=O) groups excluding carboxylic acids is 1. The molecular weight excluding hydrogens is 447 g/mol. The van der Waals surface area contributed by atoms with Crippen molar-refractivity contribution in [2.45, 2.75) is 39.8 Å². The van der Waals surface area contributed by atoms with Crippen molar-refractivity contribution in [3.05, 3.63) is 31.2 Å². The fourth-order valence-corrected chi connectivity index (χ4v) is 4.37. The van der Waals surface area contributed by atoms with E-state index in [9.17, 15) is 9.90 Å². The second-order valence-corrected chi connectivity index (χ2v) is 8.32. The van der Waals surface area contributed by atoms with Crippen LogP contribution in [0.5, 0.6) is 5.75 Å². The summed E-state index contributed by atoms with van der Waals surface area (Å²) in [5, 5.41) is 11.4. The van der Waals surface area contributed by atoms with Gasteiger partial charge in [0, 0.05) is 22.7 Å². The molecule has 1 N–H and O–H groups in total. The first-order valence-electron chi connectivity index (χ1n) is 7.19. The Bertz CT molecular complexity index is 702. The van der Waals surface area contributed by atoms with Crippen LogP contribution in [0.15, 0.2) is 22.0 Å². The molecule has 124 valence electrons. The Morgan fingerprint density at radius 3 is 2.57 bits per heavy atom. The lowest BCUT2D eigenvalue weighted by molar-refractivity contribution is -0.123. The van der Waals surface area contributed by atoms with Crippen molar-refractivity contribution in [2.75, 3.05) is 0 Å². The van der Waals surface area contributed by atoms with Crippen molar-refractivity contribution in [3.63, 3.8) is 0 Å². The number of aliphatic imine (C=N–C) groups is 1. The van der Waals surface area contributed by atoms with Crippen LogP contribution in [0.1, 0.15) is 33.3 Å². The first-order chi connectivity index (χ1) is 10.7. The molecule has 0 unspecified atom stereocenters. The molecule has 1 fully saturated rings. The third kappa shape index (κ3) is 4.22. The van der Waals surface area contributed by atoms with Gasteiger partial charge in [0.2, 0.25) is 0 Å². The summed E-state index contributed by atoms with van der Waals surface area (Å²) in [7, 11) is 0. The van der Waals surface area contributed by atoms with E-state index in [0.29, 0.717) is 24.2 Å². The molecule has 1 saturated heterocycles. The SMILES string of the molecule is CC(C)N=C1S/C(=C/c2cc(Cl)cc(I)c2O)C(=O)N1C(C)C. The summed E-state index contributed by atoms with van der Waals surface area (Å²) < 4.78 is 0.647. The number of thioether (sulfide) groups is 1. The van der Waals surface area contributed by atoms with Crippen LogP contribution in [0, 0.1) is 3.57 Å². The van der Waals surface area contributed by atoms with Gasteiger partial charge in [-0.2, -0.15) is 0 Å². The van der Waals surface area contributed by atoms with Crippen LogP contribution < -0.4 is 0 Å². The lowest BCUT2D eigenvalue weighted by Gasteiger charge is -2.20. The van der Waals surface area contributed by atoms with Gasteiger partial charge in [-0.15, -0.1) is 0 Å². The third-order valence-corrected chi connectivity index (χ3v) is 5.10. The first-order valence-corrected chi connectivity index (χ1v) is 9.47. The molecule has 4 nitrogen and oxygen atoms in total. The number of phenolic OH excluding ortho intramolecular Hbond substituents is 1. The van der Waals surface area contributed by atoms with Crippen LogP contribution in [0.4, 0.5) is 0 Å². The highest BCUT2D eigenvalue weighted by Gasteiger charge is 2.35. The Kier molecular flexibility index (Phi) is 6.02. The van der Waals surface area contributed by atoms with E-state index < -0.39 is 0 Å². The van der Waals surface area contributed by atoms with E-state index in [1.807, 2.05) is 50.3 Å². The molecular formula is C16H18ClIN2O2S. The molecule has 1 amide bonds. The van der Waals surface area contributed by atoms with E-state index in [4.69, 9.17) is 11.6 Å². The highest BCUT2D eigenvalue weighted by molar-refractivity contribution is 14.1. The Balaban J connectivity index is 2.47. The smallest absolute Gasteiger partial charge is 0.266 e. The van der Waals surface area contributed by atoms with E-state index >= 15 is 0 Å². The summed E-state index contributed by atoms with van der Waals surface area (Å²) in [6.45, 7) is 7.86. The molecule has 2 rings (SSSR count). The summed E-state index contributed by atoms with van der Waals surface area (Å²) in [4.78, 5) is 19.4. The lowest BCUT2D eigenvalue weighted by atomic mass is 10.2. The van der Waals surface area contributed by atoms with Gasteiger partial charge in [-0.3, -0.25) is 14.7 Å². The number of nitrogens with zero attached hydrogens (tertiary/aromatic N) is 2. The van der Waals surface area contributed by atoms with Crippen LogP contribution in [-0.4, -0.2) is 33.2 Å². The molecule has 1 aromatic rings. The largest absolute Gasteiger partial charge is 0.506 e. The monoisotopic (exact) mass is 464 g/mol. The van der Waals surface area contributed by atoms with Crippen molar-refractivity contribution < 1.29 is 9.90 Å². The summed E-state index contributed by atoms with van der Waals surface area (Å²) in [6.07, 6.45) is 1.68. The van der Waals surface area contributed by atoms with Crippen molar-refractivity contribution in [1.82, 2.24) is 4.90 Å². The number of aromatic hydroxyl groups is 1. The van der Waals surface area contributed by atoms with E-state index in [2.05, 4.69) is 4.99 Å². The summed E-state index contributed by atoms with van der Waals surface area (Å²) in [5.41, 5.74) is 0.534. The number of phenols is 1. The quantitative estimate of drug-likeness (QED) is 0.519. The van der Waals surface area contributed by atoms with Crippen molar-refractivity contribution in [2.24, 2.45) is 4.99 Å². The van der Waals surface area contributed by atoms with E-state index in [0.717, 1.165) is 0 Å². The van der Waals surface area contributed by atoms with Gasteiger partial charge in [-0.05, 0) is 80.3 Å². The Morgan fingerprint density at radius 2 is 2.00 bits per heavy atom. The second-order valence-electron chi connectivity index (χ2n) is 5.71. The zero-order valence-corrected chi connectivity index (χ0v) is 17.0. The van der Waals surface area contributed by atoms with E-state index in [-0.39, 0.29) is 23.7 Å². The molecule has 0 aromatic heterocycles. The van der Waals surface area contributed by atoms with Gasteiger partial charge in [0.05, 0.1) is 8.48 Å². The molecule has 1 aliphatic heterocycles. The zero-order valence-electron chi connectivity index (χ0n) is 13.3. The molecule has 1 heterocycles. The molecule has 23 heavy (non-hydrogen) atoms. The van der Waals surface area contributed by atoms with Gasteiger partial charge in [0.25, 0.3) is 5.91 Å². The van der Waals surface area contributed by atoms with E-state index in [1.165, 1.54) is 11.8 Å². The number of halogens is 2. The van der Waals surface area contributed by atoms with Crippen LogP contribution in [0.3, 0.4) is 0 Å². The normalized spacial score (nSPS) is 19.0. The van der Waals surface area contributed by atoms with Crippen molar-refractivity contribution >= 4 is 63.1 Å². The van der Waals surface area contributed by atoms with Gasteiger partial charge in [-0.25, -0.2) is 0 Å². The minimum Gasteiger partial charge on any atom is -0.506 e. The van der Waals surface area contributed by atoms with Gasteiger partial charge in [0.1, 0.15) is 5.75 Å². The van der Waals surface area contributed by atoms with E-state index in [1.54, 1.807) is 23.1 Å².